The van der Waals surface area contributed by atoms with Crippen LogP contribution < -0.4 is 28.2 Å². The number of hydrogen-bond acceptors (Lipinski definition) is 8. The normalized spacial score (nSPS) is 20.9. The number of halogens is 1. The van der Waals surface area contributed by atoms with Gasteiger partial charge in [-0.05, 0) is 18.6 Å². The maximum Gasteiger partial charge on any atom is 0.351 e. The van der Waals surface area contributed by atoms with Crippen molar-refractivity contribution in [1.29, 1.82) is 5.41 Å². The molecular weight excluding hydrogens is 432 g/mol. The number of carboxylic acids is 1. The predicted octanol–water partition coefficient (Wildman–Crippen LogP) is -1.80. The first-order valence-corrected chi connectivity index (χ1v) is 9.10. The number of aromatic nitrogens is 2. The molecule has 0 bridgehead atoms. The molecule has 4 atom stereocenters. The molecule has 172 valence electrons. The molecule has 0 aromatic carbocycles. The Morgan fingerprint density at radius 2 is 2.13 bits per heavy atom. The molecule has 2 heterocycles. The summed E-state index contributed by atoms with van der Waals surface area (Å²) in [5, 5.41) is 19.4. The quantitative estimate of drug-likeness (QED) is 0.146. The second kappa shape index (κ2) is 11.3. The summed E-state index contributed by atoms with van der Waals surface area (Å²) in [5.41, 5.74) is 16.0. The topological polar surface area (TPSA) is 216 Å². The fourth-order valence-corrected chi connectivity index (χ4v) is 2.77. The van der Waals surface area contributed by atoms with Crippen LogP contribution >= 0.6 is 12.4 Å². The third-order valence-corrected chi connectivity index (χ3v) is 4.49. The number of amides is 1. The Bertz CT molecular complexity index is 892. The van der Waals surface area contributed by atoms with Crippen LogP contribution in [-0.2, 0) is 14.3 Å². The maximum atomic E-state index is 12.3. The van der Waals surface area contributed by atoms with Gasteiger partial charge in [-0.3, -0.25) is 14.8 Å². The Balaban J connectivity index is 0.00000480. The number of carboxylic acid groups (broad SMARTS) is 1. The molecule has 13 nitrogen and oxygen atoms in total. The van der Waals surface area contributed by atoms with E-state index in [0.29, 0.717) is 13.0 Å². The van der Waals surface area contributed by atoms with Crippen LogP contribution in [0.25, 0.3) is 0 Å². The molecule has 1 amide bonds. The molecule has 9 N–H and O–H groups in total. The van der Waals surface area contributed by atoms with Crippen LogP contribution in [0.1, 0.15) is 19.1 Å². The Labute approximate surface area is 184 Å². The lowest BCUT2D eigenvalue weighted by Crippen LogP contribution is -2.51. The van der Waals surface area contributed by atoms with Gasteiger partial charge in [0.05, 0.1) is 6.04 Å². The highest BCUT2D eigenvalue weighted by Crippen LogP contribution is 2.20. The van der Waals surface area contributed by atoms with Crippen molar-refractivity contribution >= 4 is 36.1 Å². The van der Waals surface area contributed by atoms with E-state index >= 15 is 0 Å². The van der Waals surface area contributed by atoms with Crippen LogP contribution in [0.2, 0.25) is 0 Å². The summed E-state index contributed by atoms with van der Waals surface area (Å²) in [4.78, 5) is 40.9. The number of guanidine groups is 1. The van der Waals surface area contributed by atoms with Crippen molar-refractivity contribution < 1.29 is 19.4 Å². The van der Waals surface area contributed by atoms with Crippen LogP contribution in [0.15, 0.2) is 29.2 Å². The molecule has 0 radical (unpaired) electrons. The van der Waals surface area contributed by atoms with Crippen LogP contribution in [0.5, 0.6) is 0 Å². The van der Waals surface area contributed by atoms with E-state index in [1.54, 1.807) is 7.05 Å². The lowest BCUT2D eigenvalue weighted by molar-refractivity contribution is -0.159. The van der Waals surface area contributed by atoms with Gasteiger partial charge < -0.3 is 37.3 Å². The minimum absolute atomic E-state index is 0. The third kappa shape index (κ3) is 7.24. The monoisotopic (exact) mass is 458 g/mol. The number of nitrogens with two attached hydrogens (primary N) is 3. The molecule has 1 unspecified atom stereocenters. The van der Waals surface area contributed by atoms with Crippen LogP contribution in [-0.4, -0.2) is 69.2 Å². The molecular formula is C17H27ClN8O5. The number of carbonyl (C=O) groups excluding carboxylic acids is 1. The molecule has 0 saturated heterocycles. The highest BCUT2D eigenvalue weighted by atomic mass is 35.5. The average Bonchev–Trinajstić information content (AvgIpc) is 2.66. The number of nitrogens with zero attached hydrogens (tertiary/aromatic N) is 3. The van der Waals surface area contributed by atoms with Gasteiger partial charge in [0.2, 0.25) is 5.91 Å². The molecule has 1 aliphatic heterocycles. The van der Waals surface area contributed by atoms with Gasteiger partial charge in [-0.25, -0.2) is 9.59 Å². The van der Waals surface area contributed by atoms with Crippen molar-refractivity contribution in [2.24, 2.45) is 11.5 Å². The van der Waals surface area contributed by atoms with Gasteiger partial charge in [-0.15, -0.1) is 12.4 Å². The summed E-state index contributed by atoms with van der Waals surface area (Å²) in [6, 6.07) is -0.0702. The zero-order valence-electron chi connectivity index (χ0n) is 16.8. The lowest BCUT2D eigenvalue weighted by Gasteiger charge is -2.31. The van der Waals surface area contributed by atoms with E-state index in [1.807, 2.05) is 0 Å². The second-order valence-electron chi connectivity index (χ2n) is 6.87. The SMILES string of the molecule is CN(CC[C@H](N)CC(=O)N[C@H]1C=C[C@H](n2ccc(N)nc2=O)OC1C(=O)O)C(=N)N.Cl. The average molecular weight is 459 g/mol. The molecule has 14 heteroatoms. The van der Waals surface area contributed by atoms with E-state index in [4.69, 9.17) is 27.3 Å². The number of nitrogens with one attached hydrogen (secondary N) is 2. The number of hydrogen-bond donors (Lipinski definition) is 6. The van der Waals surface area contributed by atoms with Crippen molar-refractivity contribution in [3.63, 3.8) is 0 Å². The number of anilines is 1. The third-order valence-electron chi connectivity index (χ3n) is 4.49. The predicted molar refractivity (Wildman–Crippen MR) is 115 cm³/mol. The lowest BCUT2D eigenvalue weighted by atomic mass is 10.1. The summed E-state index contributed by atoms with van der Waals surface area (Å²) >= 11 is 0. The largest absolute Gasteiger partial charge is 0.479 e. The van der Waals surface area contributed by atoms with Crippen molar-refractivity contribution in [2.75, 3.05) is 19.3 Å². The van der Waals surface area contributed by atoms with E-state index in [9.17, 15) is 19.5 Å². The molecule has 2 rings (SSSR count). The first-order valence-electron chi connectivity index (χ1n) is 9.10. The Hall–Kier alpha value is -3.16. The Morgan fingerprint density at radius 3 is 2.71 bits per heavy atom. The standard InChI is InChI=1S/C17H26N8O5.ClH/c1-24(16(20)21)6-4-9(18)8-12(26)22-10-2-3-13(30-14(10)15(27)28)25-7-5-11(19)23-17(25)29;/h2-3,5,7,9-10,13-14H,4,6,8,18H2,1H3,(H3,20,21)(H,22,26)(H,27,28)(H2,19,23,29);1H/t9-,10-,13+,14?;/m0./s1. The van der Waals surface area contributed by atoms with E-state index in [-0.39, 0.29) is 30.6 Å². The molecule has 0 fully saturated rings. The van der Waals surface area contributed by atoms with E-state index in [0.717, 1.165) is 4.57 Å². The minimum Gasteiger partial charge on any atom is -0.479 e. The fourth-order valence-electron chi connectivity index (χ4n) is 2.77. The van der Waals surface area contributed by atoms with E-state index in [2.05, 4.69) is 10.3 Å². The second-order valence-corrected chi connectivity index (χ2v) is 6.87. The van der Waals surface area contributed by atoms with Gasteiger partial charge >= 0.3 is 11.7 Å². The highest BCUT2D eigenvalue weighted by Gasteiger charge is 2.35. The molecule has 1 aliphatic rings. The van der Waals surface area contributed by atoms with Crippen molar-refractivity contribution in [1.82, 2.24) is 19.8 Å². The fraction of sp³-hybridized carbons (Fsp3) is 0.471. The zero-order chi connectivity index (χ0) is 22.4. The molecule has 31 heavy (non-hydrogen) atoms. The smallest absolute Gasteiger partial charge is 0.351 e. The minimum atomic E-state index is -1.42. The van der Waals surface area contributed by atoms with E-state index < -0.39 is 42.0 Å². The van der Waals surface area contributed by atoms with Crippen LogP contribution in [0.4, 0.5) is 5.82 Å². The first kappa shape index (κ1) is 25.9. The number of aliphatic carboxylic acids is 1. The van der Waals surface area contributed by atoms with Crippen LogP contribution in [0, 0.1) is 5.41 Å². The number of rotatable bonds is 8. The van der Waals surface area contributed by atoms with Gasteiger partial charge in [-0.2, -0.15) is 4.98 Å². The summed E-state index contributed by atoms with van der Waals surface area (Å²) in [6.07, 6.45) is 2.17. The molecule has 0 spiro atoms. The van der Waals surface area contributed by atoms with Gasteiger partial charge in [0.25, 0.3) is 0 Å². The first-order chi connectivity index (χ1) is 14.1. The molecule has 1 aromatic heterocycles. The summed E-state index contributed by atoms with van der Waals surface area (Å²) in [5.74, 6) is -1.84. The summed E-state index contributed by atoms with van der Waals surface area (Å²) < 4.78 is 6.57. The zero-order valence-corrected chi connectivity index (χ0v) is 17.6. The Morgan fingerprint density at radius 1 is 1.45 bits per heavy atom. The van der Waals surface area contributed by atoms with Crippen molar-refractivity contribution in [3.8, 4) is 0 Å². The number of ether oxygens (including phenoxy) is 1. The van der Waals surface area contributed by atoms with Crippen molar-refractivity contribution in [2.45, 2.75) is 37.3 Å². The van der Waals surface area contributed by atoms with Gasteiger partial charge in [0, 0.05) is 32.3 Å². The molecule has 1 aromatic rings. The summed E-state index contributed by atoms with van der Waals surface area (Å²) in [6.45, 7) is 0.403. The van der Waals surface area contributed by atoms with Crippen LogP contribution in [0.3, 0.4) is 0 Å². The van der Waals surface area contributed by atoms with Gasteiger partial charge in [-0.1, -0.05) is 6.08 Å². The highest BCUT2D eigenvalue weighted by molar-refractivity contribution is 5.85. The van der Waals surface area contributed by atoms with Gasteiger partial charge in [0.1, 0.15) is 5.82 Å². The maximum absolute atomic E-state index is 12.3. The van der Waals surface area contributed by atoms with Crippen molar-refractivity contribution in [3.05, 3.63) is 34.9 Å². The van der Waals surface area contributed by atoms with Gasteiger partial charge in [0.15, 0.2) is 18.3 Å². The molecule has 0 saturated carbocycles. The number of carbonyl (C=O) groups is 2. The summed E-state index contributed by atoms with van der Waals surface area (Å²) in [7, 11) is 1.63. The molecule has 0 aliphatic carbocycles. The number of nitrogen functional groups attached to an aromatic ring is 1. The Kier molecular flexibility index (Phi) is 9.42. The van der Waals surface area contributed by atoms with E-state index in [1.165, 1.54) is 29.3 Å².